The van der Waals surface area contributed by atoms with Crippen molar-refractivity contribution in [3.05, 3.63) is 22.9 Å². The van der Waals surface area contributed by atoms with E-state index in [0.717, 1.165) is 17.5 Å². The summed E-state index contributed by atoms with van der Waals surface area (Å²) in [4.78, 5) is 26.3. The van der Waals surface area contributed by atoms with Crippen LogP contribution >= 0.6 is 11.8 Å². The molecule has 0 aliphatic heterocycles. The number of methoxy groups -OCH3 is 1. The van der Waals surface area contributed by atoms with Crippen molar-refractivity contribution in [3.63, 3.8) is 0 Å². The molecule has 6 heteroatoms. The lowest BCUT2D eigenvalue weighted by molar-refractivity contribution is -0.137. The van der Waals surface area contributed by atoms with Gasteiger partial charge < -0.3 is 9.84 Å². The van der Waals surface area contributed by atoms with E-state index in [2.05, 4.69) is 9.72 Å². The maximum absolute atomic E-state index is 11.1. The van der Waals surface area contributed by atoms with Gasteiger partial charge in [-0.1, -0.05) is 11.8 Å². The highest BCUT2D eigenvalue weighted by molar-refractivity contribution is 8.00. The summed E-state index contributed by atoms with van der Waals surface area (Å²) in [6.45, 7) is 3.49. The molecule has 5 nitrogen and oxygen atoms in total. The van der Waals surface area contributed by atoms with Crippen molar-refractivity contribution in [2.75, 3.05) is 12.9 Å². The van der Waals surface area contributed by atoms with Crippen molar-refractivity contribution in [1.29, 1.82) is 0 Å². The maximum atomic E-state index is 11.1. The van der Waals surface area contributed by atoms with Crippen LogP contribution in [0.4, 0.5) is 0 Å². The van der Waals surface area contributed by atoms with Gasteiger partial charge in [0.15, 0.2) is 0 Å². The number of aryl methyl sites for hydroxylation is 2. The van der Waals surface area contributed by atoms with Crippen LogP contribution in [0.1, 0.15) is 21.6 Å². The molecule has 0 aliphatic rings. The van der Waals surface area contributed by atoms with Gasteiger partial charge in [-0.05, 0) is 25.5 Å². The molecular weight excluding hydrogens is 242 g/mol. The molecule has 0 radical (unpaired) electrons. The van der Waals surface area contributed by atoms with Crippen molar-refractivity contribution in [3.8, 4) is 0 Å². The summed E-state index contributed by atoms with van der Waals surface area (Å²) in [5, 5.41) is 9.44. The minimum Gasteiger partial charge on any atom is -0.478 e. The van der Waals surface area contributed by atoms with E-state index >= 15 is 0 Å². The second kappa shape index (κ2) is 5.67. The van der Waals surface area contributed by atoms with Crippen LogP contribution in [0, 0.1) is 13.8 Å². The third-order valence-corrected chi connectivity index (χ3v) is 3.03. The predicted octanol–water partition coefficient (Wildman–Crippen LogP) is 1.66. The van der Waals surface area contributed by atoms with Crippen molar-refractivity contribution >= 4 is 23.7 Å². The number of hydrogen-bond acceptors (Lipinski definition) is 5. The van der Waals surface area contributed by atoms with Crippen molar-refractivity contribution < 1.29 is 19.4 Å². The fourth-order valence-corrected chi connectivity index (χ4v) is 2.33. The standard InChI is InChI=1S/C11H13NO4S/c1-6-4-7(2)12-10(9(6)11(14)15)17-5-8(13)16-3/h4H,5H2,1-3H3,(H,14,15). The number of pyridine rings is 1. The van der Waals surface area contributed by atoms with Crippen LogP contribution in [0.15, 0.2) is 11.1 Å². The van der Waals surface area contributed by atoms with E-state index in [0.29, 0.717) is 10.6 Å². The molecule has 0 fully saturated rings. The van der Waals surface area contributed by atoms with E-state index in [4.69, 9.17) is 5.11 Å². The third-order valence-electron chi connectivity index (χ3n) is 2.08. The normalized spacial score (nSPS) is 10.1. The lowest BCUT2D eigenvalue weighted by Gasteiger charge is -2.08. The first-order chi connectivity index (χ1) is 7.95. The van der Waals surface area contributed by atoms with Gasteiger partial charge in [0.05, 0.1) is 18.4 Å². The van der Waals surface area contributed by atoms with Crippen LogP contribution in [0.25, 0.3) is 0 Å². The second-order valence-electron chi connectivity index (χ2n) is 3.43. The van der Waals surface area contributed by atoms with Gasteiger partial charge in [0.25, 0.3) is 0 Å². The van der Waals surface area contributed by atoms with Gasteiger partial charge in [-0.25, -0.2) is 9.78 Å². The van der Waals surface area contributed by atoms with E-state index < -0.39 is 11.9 Å². The van der Waals surface area contributed by atoms with Gasteiger partial charge in [0.2, 0.25) is 0 Å². The summed E-state index contributed by atoms with van der Waals surface area (Å²) in [7, 11) is 1.29. The summed E-state index contributed by atoms with van der Waals surface area (Å²) in [5.41, 5.74) is 1.50. The van der Waals surface area contributed by atoms with Crippen LogP contribution in [0.3, 0.4) is 0 Å². The Morgan fingerprint density at radius 3 is 2.65 bits per heavy atom. The number of carboxylic acid groups (broad SMARTS) is 1. The maximum Gasteiger partial charge on any atom is 0.338 e. The van der Waals surface area contributed by atoms with Crippen LogP contribution in [0.2, 0.25) is 0 Å². The topological polar surface area (TPSA) is 76.5 Å². The third kappa shape index (κ3) is 3.45. The molecule has 1 N–H and O–H groups in total. The van der Waals surface area contributed by atoms with Crippen LogP contribution < -0.4 is 0 Å². The number of aromatic nitrogens is 1. The number of esters is 1. The molecule has 92 valence electrons. The van der Waals surface area contributed by atoms with E-state index in [1.165, 1.54) is 7.11 Å². The molecule has 0 spiro atoms. The van der Waals surface area contributed by atoms with Gasteiger partial charge >= 0.3 is 11.9 Å². The van der Waals surface area contributed by atoms with E-state index in [1.54, 1.807) is 19.9 Å². The molecular formula is C11H13NO4S. The van der Waals surface area contributed by atoms with E-state index in [1.807, 2.05) is 0 Å². The molecule has 1 heterocycles. The molecule has 0 saturated carbocycles. The van der Waals surface area contributed by atoms with E-state index in [9.17, 15) is 9.59 Å². The van der Waals surface area contributed by atoms with Gasteiger partial charge in [0, 0.05) is 5.69 Å². The molecule has 0 saturated heterocycles. The summed E-state index contributed by atoms with van der Waals surface area (Å²) in [6, 6.07) is 1.70. The number of carbonyl (C=O) groups is 2. The lowest BCUT2D eigenvalue weighted by Crippen LogP contribution is -2.08. The van der Waals surface area contributed by atoms with Gasteiger partial charge in [-0.3, -0.25) is 4.79 Å². The molecule has 1 aromatic rings. The zero-order chi connectivity index (χ0) is 13.0. The number of ether oxygens (including phenoxy) is 1. The van der Waals surface area contributed by atoms with Gasteiger partial charge in [0.1, 0.15) is 5.03 Å². The Balaban J connectivity index is 3.04. The fraction of sp³-hybridized carbons (Fsp3) is 0.364. The molecule has 0 unspecified atom stereocenters. The summed E-state index contributed by atoms with van der Waals surface area (Å²) in [5.74, 6) is -1.40. The lowest BCUT2D eigenvalue weighted by atomic mass is 10.1. The molecule has 0 aliphatic carbocycles. The Hall–Kier alpha value is -1.56. The number of nitrogens with zero attached hydrogens (tertiary/aromatic N) is 1. The average Bonchev–Trinajstić information content (AvgIpc) is 2.24. The molecule has 1 rings (SSSR count). The highest BCUT2D eigenvalue weighted by Gasteiger charge is 2.17. The number of rotatable bonds is 4. The summed E-state index contributed by atoms with van der Waals surface area (Å²) >= 11 is 1.07. The largest absolute Gasteiger partial charge is 0.478 e. The minimum atomic E-state index is -1.04. The SMILES string of the molecule is COC(=O)CSc1nc(C)cc(C)c1C(=O)O. The molecule has 1 aromatic heterocycles. The van der Waals surface area contributed by atoms with Crippen molar-refractivity contribution in [1.82, 2.24) is 4.98 Å². The first-order valence-corrected chi connectivity index (χ1v) is 5.85. The molecule has 0 aromatic carbocycles. The Labute approximate surface area is 103 Å². The second-order valence-corrected chi connectivity index (χ2v) is 4.39. The number of aromatic carboxylic acids is 1. The van der Waals surface area contributed by atoms with Crippen LogP contribution in [-0.2, 0) is 9.53 Å². The van der Waals surface area contributed by atoms with Gasteiger partial charge in [-0.15, -0.1) is 0 Å². The average molecular weight is 255 g/mol. The number of hydrogen-bond donors (Lipinski definition) is 1. The molecule has 0 amide bonds. The Morgan fingerprint density at radius 1 is 1.47 bits per heavy atom. The molecule has 17 heavy (non-hydrogen) atoms. The minimum absolute atomic E-state index is 0.0483. The highest BCUT2D eigenvalue weighted by atomic mass is 32.2. The fourth-order valence-electron chi connectivity index (χ4n) is 1.35. The van der Waals surface area contributed by atoms with Crippen LogP contribution in [0.5, 0.6) is 0 Å². The van der Waals surface area contributed by atoms with Gasteiger partial charge in [-0.2, -0.15) is 0 Å². The zero-order valence-corrected chi connectivity index (χ0v) is 10.6. The molecule has 0 bridgehead atoms. The Morgan fingerprint density at radius 2 is 2.12 bits per heavy atom. The molecule has 0 atom stereocenters. The van der Waals surface area contributed by atoms with Crippen LogP contribution in [-0.4, -0.2) is 34.9 Å². The van der Waals surface area contributed by atoms with Crippen molar-refractivity contribution in [2.24, 2.45) is 0 Å². The quantitative estimate of drug-likeness (QED) is 0.651. The first-order valence-electron chi connectivity index (χ1n) is 4.87. The predicted molar refractivity (Wildman–Crippen MR) is 63.4 cm³/mol. The monoisotopic (exact) mass is 255 g/mol. The highest BCUT2D eigenvalue weighted by Crippen LogP contribution is 2.24. The summed E-state index contributed by atoms with van der Waals surface area (Å²) < 4.78 is 4.50. The Bertz CT molecular complexity index is 459. The zero-order valence-electron chi connectivity index (χ0n) is 9.81. The first kappa shape index (κ1) is 13.5. The smallest absolute Gasteiger partial charge is 0.338 e. The number of carboxylic acids is 1. The van der Waals surface area contributed by atoms with Crippen molar-refractivity contribution in [2.45, 2.75) is 18.9 Å². The Kier molecular flexibility index (Phi) is 4.51. The number of carbonyl (C=O) groups excluding carboxylic acids is 1. The number of thioether (sulfide) groups is 1. The van der Waals surface area contributed by atoms with E-state index in [-0.39, 0.29) is 11.3 Å². The summed E-state index contributed by atoms with van der Waals surface area (Å²) in [6.07, 6.45) is 0.